The number of rotatable bonds is 8. The third-order valence-corrected chi connectivity index (χ3v) is 6.70. The number of allylic oxidation sites excluding steroid dienone is 1. The predicted molar refractivity (Wildman–Crippen MR) is 107 cm³/mol. The Kier molecular flexibility index (Phi) is 6.76. The van der Waals surface area contributed by atoms with E-state index in [4.69, 9.17) is 0 Å². The number of thioether (sulfide) groups is 1. The summed E-state index contributed by atoms with van der Waals surface area (Å²) in [6, 6.07) is 9.75. The molecule has 1 aliphatic rings. The van der Waals surface area contributed by atoms with Gasteiger partial charge in [-0.2, -0.15) is 13.2 Å². The van der Waals surface area contributed by atoms with Crippen LogP contribution in [-0.4, -0.2) is 17.0 Å². The summed E-state index contributed by atoms with van der Waals surface area (Å²) in [5, 5.41) is 10.2. The van der Waals surface area contributed by atoms with Gasteiger partial charge in [0.15, 0.2) is 0 Å². The maximum atomic E-state index is 12.1. The smallest absolute Gasteiger partial charge is 0.389 e. The summed E-state index contributed by atoms with van der Waals surface area (Å²) in [4.78, 5) is 3.25. The Bertz CT molecular complexity index is 786. The molecular formula is C20H22F3NOS2. The van der Waals surface area contributed by atoms with E-state index in [1.54, 1.807) is 29.2 Å². The lowest BCUT2D eigenvalue weighted by atomic mass is 10.0. The maximum absolute atomic E-state index is 12.1. The van der Waals surface area contributed by atoms with Crippen LogP contribution >= 0.6 is 23.1 Å². The lowest BCUT2D eigenvalue weighted by Gasteiger charge is -2.26. The Morgan fingerprint density at radius 2 is 1.96 bits per heavy atom. The number of fused-ring (bicyclic) bond motifs is 1. The molecule has 1 aromatic carbocycles. The van der Waals surface area contributed by atoms with E-state index in [9.17, 15) is 18.3 Å². The van der Waals surface area contributed by atoms with Gasteiger partial charge in [-0.15, -0.1) is 23.1 Å². The van der Waals surface area contributed by atoms with E-state index in [1.165, 1.54) is 9.09 Å². The van der Waals surface area contributed by atoms with Crippen LogP contribution in [0.2, 0.25) is 0 Å². The first kappa shape index (κ1) is 20.1. The summed E-state index contributed by atoms with van der Waals surface area (Å²) in [6.45, 7) is 0.692. The summed E-state index contributed by atoms with van der Waals surface area (Å²) >= 11 is 3.40. The van der Waals surface area contributed by atoms with Crippen LogP contribution in [0.25, 0.3) is 0 Å². The molecule has 0 bridgehead atoms. The van der Waals surface area contributed by atoms with Gasteiger partial charge in [0.05, 0.1) is 16.4 Å². The minimum atomic E-state index is -4.04. The van der Waals surface area contributed by atoms with Gasteiger partial charge < -0.3 is 10.0 Å². The Morgan fingerprint density at radius 1 is 1.11 bits per heavy atom. The molecular weight excluding hydrogens is 391 g/mol. The van der Waals surface area contributed by atoms with Crippen molar-refractivity contribution in [3.05, 3.63) is 53.0 Å². The number of phenolic OH excluding ortho intramolecular Hbond substituents is 1. The van der Waals surface area contributed by atoms with E-state index in [0.717, 1.165) is 29.8 Å². The van der Waals surface area contributed by atoms with Gasteiger partial charge in [-0.3, -0.25) is 0 Å². The molecule has 1 N–H and O–H groups in total. The zero-order valence-corrected chi connectivity index (χ0v) is 16.5. The number of thiophene rings is 1. The van der Waals surface area contributed by atoms with Crippen molar-refractivity contribution in [1.82, 2.24) is 0 Å². The second kappa shape index (κ2) is 9.06. The van der Waals surface area contributed by atoms with E-state index in [0.29, 0.717) is 18.7 Å². The van der Waals surface area contributed by atoms with Gasteiger partial charge >= 0.3 is 6.18 Å². The fourth-order valence-corrected chi connectivity index (χ4v) is 5.31. The van der Waals surface area contributed by atoms with E-state index in [2.05, 4.69) is 23.1 Å². The lowest BCUT2D eigenvalue weighted by molar-refractivity contribution is -0.135. The zero-order valence-electron chi connectivity index (χ0n) is 14.8. The van der Waals surface area contributed by atoms with Gasteiger partial charge in [-0.05, 0) is 48.8 Å². The number of aromatic hydroxyl groups is 1. The molecule has 1 aromatic heterocycles. The van der Waals surface area contributed by atoms with E-state index in [1.807, 2.05) is 18.3 Å². The first-order valence-corrected chi connectivity index (χ1v) is 10.7. The van der Waals surface area contributed by atoms with Crippen LogP contribution in [0.5, 0.6) is 5.75 Å². The number of para-hydroxylation sites is 1. The molecule has 0 saturated carbocycles. The minimum absolute atomic E-state index is 0.212. The van der Waals surface area contributed by atoms with Gasteiger partial charge in [0.1, 0.15) is 5.75 Å². The molecule has 3 rings (SSSR count). The van der Waals surface area contributed by atoms with Gasteiger partial charge in [0, 0.05) is 17.5 Å². The van der Waals surface area contributed by atoms with Crippen LogP contribution in [0.1, 0.15) is 36.1 Å². The molecule has 0 atom stereocenters. The average Bonchev–Trinajstić information content (AvgIpc) is 3.05. The topological polar surface area (TPSA) is 23.5 Å². The summed E-state index contributed by atoms with van der Waals surface area (Å²) in [6.07, 6.45) is 1.82. The van der Waals surface area contributed by atoms with Crippen LogP contribution in [0, 0.1) is 0 Å². The molecule has 0 unspecified atom stereocenters. The number of phenols is 1. The standard InChI is InChI=1S/C20H22F3NOS2/c21-20(22,23)11-2-1-3-13-26-18-10-9-16(27-18)14-24-12-5-7-15-6-4-8-17(25)19(15)24/h4-6,8-10,12,25H,1-3,7,11,13-14H2. The second-order valence-electron chi connectivity index (χ2n) is 6.50. The van der Waals surface area contributed by atoms with Gasteiger partial charge in [0.25, 0.3) is 0 Å². The molecule has 2 heterocycles. The number of halogens is 3. The largest absolute Gasteiger partial charge is 0.506 e. The monoisotopic (exact) mass is 413 g/mol. The number of hydrogen-bond donors (Lipinski definition) is 1. The minimum Gasteiger partial charge on any atom is -0.506 e. The fraction of sp³-hybridized carbons (Fsp3) is 0.400. The molecule has 0 radical (unpaired) electrons. The van der Waals surface area contributed by atoms with Crippen LogP contribution in [0.3, 0.4) is 0 Å². The van der Waals surface area contributed by atoms with Crippen molar-refractivity contribution in [2.45, 2.75) is 49.0 Å². The highest BCUT2D eigenvalue weighted by Gasteiger charge is 2.25. The Morgan fingerprint density at radius 3 is 2.78 bits per heavy atom. The number of hydrogen-bond acceptors (Lipinski definition) is 4. The lowest BCUT2D eigenvalue weighted by Crippen LogP contribution is -2.19. The predicted octanol–water partition coefficient (Wildman–Crippen LogP) is 6.74. The average molecular weight is 414 g/mol. The molecule has 2 aromatic rings. The Hall–Kier alpha value is -1.60. The normalized spacial score (nSPS) is 13.8. The van der Waals surface area contributed by atoms with Crippen molar-refractivity contribution in [2.75, 3.05) is 10.7 Å². The highest BCUT2D eigenvalue weighted by molar-refractivity contribution is 8.01. The van der Waals surface area contributed by atoms with Crippen molar-refractivity contribution >= 4 is 28.8 Å². The third kappa shape index (κ3) is 5.94. The Labute approximate surface area is 165 Å². The third-order valence-electron chi connectivity index (χ3n) is 4.32. The van der Waals surface area contributed by atoms with Gasteiger partial charge in [-0.25, -0.2) is 0 Å². The van der Waals surface area contributed by atoms with Crippen LogP contribution in [0.15, 0.2) is 46.8 Å². The van der Waals surface area contributed by atoms with E-state index in [-0.39, 0.29) is 6.42 Å². The summed E-state index contributed by atoms with van der Waals surface area (Å²) in [5.41, 5.74) is 1.98. The molecule has 146 valence electrons. The zero-order chi connectivity index (χ0) is 19.3. The molecule has 2 nitrogen and oxygen atoms in total. The van der Waals surface area contributed by atoms with Gasteiger partial charge in [0.2, 0.25) is 0 Å². The highest BCUT2D eigenvalue weighted by Crippen LogP contribution is 2.37. The van der Waals surface area contributed by atoms with Crippen LogP contribution in [0.4, 0.5) is 18.9 Å². The van der Waals surface area contributed by atoms with E-state index < -0.39 is 12.6 Å². The molecule has 27 heavy (non-hydrogen) atoms. The first-order valence-electron chi connectivity index (χ1n) is 8.95. The second-order valence-corrected chi connectivity index (χ2v) is 9.06. The molecule has 0 saturated heterocycles. The number of benzene rings is 1. The van der Waals surface area contributed by atoms with Crippen molar-refractivity contribution in [1.29, 1.82) is 0 Å². The molecule has 0 fully saturated rings. The molecule has 1 aliphatic heterocycles. The summed E-state index contributed by atoms with van der Waals surface area (Å²) in [7, 11) is 0. The van der Waals surface area contributed by atoms with Crippen LogP contribution < -0.4 is 4.90 Å². The summed E-state index contributed by atoms with van der Waals surface area (Å²) < 4.78 is 37.5. The number of unbranched alkanes of at least 4 members (excludes halogenated alkanes) is 2. The van der Waals surface area contributed by atoms with Crippen LogP contribution in [-0.2, 0) is 13.0 Å². The molecule has 7 heteroatoms. The van der Waals surface area contributed by atoms with Gasteiger partial charge in [-0.1, -0.05) is 24.6 Å². The maximum Gasteiger partial charge on any atom is 0.389 e. The summed E-state index contributed by atoms with van der Waals surface area (Å²) in [5.74, 6) is 1.13. The highest BCUT2D eigenvalue weighted by atomic mass is 32.2. The van der Waals surface area contributed by atoms with Crippen molar-refractivity contribution < 1.29 is 18.3 Å². The number of anilines is 1. The Balaban J connectivity index is 1.48. The number of alkyl halides is 3. The van der Waals surface area contributed by atoms with Crippen molar-refractivity contribution in [3.8, 4) is 5.75 Å². The molecule has 0 aliphatic carbocycles. The quantitative estimate of drug-likeness (QED) is 0.383. The van der Waals surface area contributed by atoms with Crippen molar-refractivity contribution in [3.63, 3.8) is 0 Å². The van der Waals surface area contributed by atoms with Crippen molar-refractivity contribution in [2.24, 2.45) is 0 Å². The van der Waals surface area contributed by atoms with E-state index >= 15 is 0 Å². The SMILES string of the molecule is Oc1cccc2c1N(Cc1ccc(SCCCCCC(F)(F)F)s1)C=CC2. The number of nitrogens with zero attached hydrogens (tertiary/aromatic N) is 1. The first-order chi connectivity index (χ1) is 12.9. The molecule has 0 amide bonds. The molecule has 0 spiro atoms. The fourth-order valence-electron chi connectivity index (χ4n) is 3.05.